The van der Waals surface area contributed by atoms with E-state index < -0.39 is 0 Å². The van der Waals surface area contributed by atoms with Crippen LogP contribution >= 0.6 is 0 Å². The van der Waals surface area contributed by atoms with Crippen molar-refractivity contribution < 1.29 is 4.74 Å². The average molecular weight is 217 g/mol. The summed E-state index contributed by atoms with van der Waals surface area (Å²) in [6.07, 6.45) is 2.59. The first-order valence-electron chi connectivity index (χ1n) is 6.17. The van der Waals surface area contributed by atoms with E-state index >= 15 is 0 Å². The molecule has 2 aliphatic heterocycles. The third-order valence-electron chi connectivity index (χ3n) is 4.04. The summed E-state index contributed by atoms with van der Waals surface area (Å²) in [5.41, 5.74) is 3.26. The van der Waals surface area contributed by atoms with E-state index in [1.54, 1.807) is 0 Å². The van der Waals surface area contributed by atoms with Crippen LogP contribution in [0.1, 0.15) is 18.4 Å². The molecule has 0 atom stereocenters. The highest BCUT2D eigenvalue weighted by atomic mass is 16.5. The first kappa shape index (κ1) is 10.2. The van der Waals surface area contributed by atoms with Gasteiger partial charge in [0.1, 0.15) is 0 Å². The van der Waals surface area contributed by atoms with Crippen LogP contribution in [0, 0.1) is 12.3 Å². The van der Waals surface area contributed by atoms with Crippen LogP contribution in [-0.2, 0) is 4.74 Å². The normalized spacial score (nSPS) is 23.2. The Morgan fingerprint density at radius 1 is 1.06 bits per heavy atom. The predicted molar refractivity (Wildman–Crippen MR) is 65.9 cm³/mol. The molecule has 0 aromatic heterocycles. The molecular formula is C14H19NO. The lowest BCUT2D eigenvalue weighted by molar-refractivity contribution is -0.124. The quantitative estimate of drug-likeness (QED) is 0.717. The smallest absolute Gasteiger partial charge is 0.0546 e. The molecule has 0 aliphatic carbocycles. The Balaban J connectivity index is 1.67. The second kappa shape index (κ2) is 3.77. The zero-order valence-electron chi connectivity index (χ0n) is 9.91. The van der Waals surface area contributed by atoms with Gasteiger partial charge in [0.05, 0.1) is 13.2 Å². The summed E-state index contributed by atoms with van der Waals surface area (Å²) in [4.78, 5) is 2.50. The number of hydrogen-bond donors (Lipinski definition) is 0. The Bertz CT molecular complexity index is 357. The zero-order valence-corrected chi connectivity index (χ0v) is 9.91. The fourth-order valence-electron chi connectivity index (χ4n) is 2.67. The van der Waals surface area contributed by atoms with Gasteiger partial charge in [-0.1, -0.05) is 17.7 Å². The maximum absolute atomic E-state index is 5.35. The maximum atomic E-state index is 5.35. The molecule has 0 amide bonds. The molecule has 1 aromatic rings. The van der Waals surface area contributed by atoms with Crippen molar-refractivity contribution in [3.05, 3.63) is 29.8 Å². The van der Waals surface area contributed by atoms with Crippen LogP contribution < -0.4 is 4.90 Å². The molecule has 2 nitrogen and oxygen atoms in total. The summed E-state index contributed by atoms with van der Waals surface area (Å²) < 4.78 is 5.35. The number of rotatable bonds is 1. The van der Waals surface area contributed by atoms with Crippen molar-refractivity contribution >= 4 is 5.69 Å². The third kappa shape index (κ3) is 1.71. The van der Waals surface area contributed by atoms with Crippen LogP contribution in [0.25, 0.3) is 0 Å². The Morgan fingerprint density at radius 3 is 2.19 bits per heavy atom. The van der Waals surface area contributed by atoms with E-state index in [0.717, 1.165) is 13.2 Å². The van der Waals surface area contributed by atoms with Gasteiger partial charge in [-0.15, -0.1) is 0 Å². The monoisotopic (exact) mass is 217 g/mol. The first-order chi connectivity index (χ1) is 7.77. The summed E-state index contributed by atoms with van der Waals surface area (Å²) in [7, 11) is 0. The van der Waals surface area contributed by atoms with Crippen molar-refractivity contribution in [1.29, 1.82) is 0 Å². The molecule has 0 unspecified atom stereocenters. The van der Waals surface area contributed by atoms with Gasteiger partial charge < -0.3 is 9.64 Å². The molecule has 1 aromatic carbocycles. The van der Waals surface area contributed by atoms with Crippen molar-refractivity contribution in [3.63, 3.8) is 0 Å². The van der Waals surface area contributed by atoms with Crippen LogP contribution in [0.2, 0.25) is 0 Å². The van der Waals surface area contributed by atoms with E-state index in [2.05, 4.69) is 36.1 Å². The lowest BCUT2D eigenvalue weighted by Crippen LogP contribution is -2.50. The van der Waals surface area contributed by atoms with Gasteiger partial charge in [0.25, 0.3) is 0 Å². The molecule has 2 fully saturated rings. The van der Waals surface area contributed by atoms with E-state index in [1.807, 2.05) is 0 Å². The minimum absolute atomic E-state index is 0.543. The van der Waals surface area contributed by atoms with Gasteiger partial charge in [-0.25, -0.2) is 0 Å². The Kier molecular flexibility index (Phi) is 2.40. The van der Waals surface area contributed by atoms with E-state index in [-0.39, 0.29) is 0 Å². The van der Waals surface area contributed by atoms with Crippen molar-refractivity contribution in [2.45, 2.75) is 19.8 Å². The highest BCUT2D eigenvalue weighted by Gasteiger charge is 2.41. The topological polar surface area (TPSA) is 12.5 Å². The molecule has 86 valence electrons. The van der Waals surface area contributed by atoms with Crippen LogP contribution in [0.15, 0.2) is 24.3 Å². The maximum Gasteiger partial charge on any atom is 0.0546 e. The molecule has 0 saturated carbocycles. The highest BCUT2D eigenvalue weighted by Crippen LogP contribution is 2.39. The number of piperidine rings is 1. The Hall–Kier alpha value is -1.02. The minimum Gasteiger partial charge on any atom is -0.380 e. The van der Waals surface area contributed by atoms with Gasteiger partial charge in [0.2, 0.25) is 0 Å². The lowest BCUT2D eigenvalue weighted by Gasteiger charge is -2.47. The SMILES string of the molecule is Cc1ccc(N2CCC3(CC2)COC3)cc1. The Morgan fingerprint density at radius 2 is 1.69 bits per heavy atom. The van der Waals surface area contributed by atoms with E-state index in [0.29, 0.717) is 5.41 Å². The second-order valence-corrected chi connectivity index (χ2v) is 5.32. The van der Waals surface area contributed by atoms with E-state index in [9.17, 15) is 0 Å². The molecule has 16 heavy (non-hydrogen) atoms. The van der Waals surface area contributed by atoms with E-state index in [4.69, 9.17) is 4.74 Å². The summed E-state index contributed by atoms with van der Waals surface area (Å²) in [5, 5.41) is 0. The number of ether oxygens (including phenoxy) is 1. The van der Waals surface area contributed by atoms with Crippen molar-refractivity contribution in [3.8, 4) is 0 Å². The van der Waals surface area contributed by atoms with Gasteiger partial charge in [0, 0.05) is 24.2 Å². The van der Waals surface area contributed by atoms with Crippen LogP contribution in [0.4, 0.5) is 5.69 Å². The highest BCUT2D eigenvalue weighted by molar-refractivity contribution is 5.47. The molecule has 0 radical (unpaired) electrons. The molecule has 2 heterocycles. The van der Waals surface area contributed by atoms with Gasteiger partial charge in [-0.2, -0.15) is 0 Å². The van der Waals surface area contributed by atoms with Gasteiger partial charge >= 0.3 is 0 Å². The summed E-state index contributed by atoms with van der Waals surface area (Å²) in [5.74, 6) is 0. The lowest BCUT2D eigenvalue weighted by atomic mass is 9.77. The Labute approximate surface area is 97.2 Å². The van der Waals surface area contributed by atoms with Crippen molar-refractivity contribution in [2.24, 2.45) is 5.41 Å². The molecule has 1 spiro atoms. The fourth-order valence-corrected chi connectivity index (χ4v) is 2.67. The molecular weight excluding hydrogens is 198 g/mol. The number of benzene rings is 1. The molecule has 0 bridgehead atoms. The van der Waals surface area contributed by atoms with Gasteiger partial charge in [-0.3, -0.25) is 0 Å². The number of hydrogen-bond acceptors (Lipinski definition) is 2. The number of anilines is 1. The van der Waals surface area contributed by atoms with Crippen LogP contribution in [0.5, 0.6) is 0 Å². The van der Waals surface area contributed by atoms with Crippen molar-refractivity contribution in [1.82, 2.24) is 0 Å². The van der Waals surface area contributed by atoms with Gasteiger partial charge in [0.15, 0.2) is 0 Å². The average Bonchev–Trinajstić information content (AvgIpc) is 2.28. The molecule has 3 rings (SSSR count). The standard InChI is InChI=1S/C14H19NO/c1-12-2-4-13(5-3-12)15-8-6-14(7-9-15)10-16-11-14/h2-5H,6-11H2,1H3. The van der Waals surface area contributed by atoms with Crippen LogP contribution in [0.3, 0.4) is 0 Å². The molecule has 2 heteroatoms. The van der Waals surface area contributed by atoms with Crippen molar-refractivity contribution in [2.75, 3.05) is 31.2 Å². The summed E-state index contributed by atoms with van der Waals surface area (Å²) in [6.45, 7) is 6.50. The third-order valence-corrected chi connectivity index (χ3v) is 4.04. The first-order valence-corrected chi connectivity index (χ1v) is 6.17. The number of aryl methyl sites for hydroxylation is 1. The minimum atomic E-state index is 0.543. The predicted octanol–water partition coefficient (Wildman–Crippen LogP) is 2.61. The van der Waals surface area contributed by atoms with E-state index in [1.165, 1.54) is 37.2 Å². The number of nitrogens with zero attached hydrogens (tertiary/aromatic N) is 1. The largest absolute Gasteiger partial charge is 0.380 e. The summed E-state index contributed by atoms with van der Waals surface area (Å²) >= 11 is 0. The second-order valence-electron chi connectivity index (χ2n) is 5.32. The molecule has 0 N–H and O–H groups in total. The molecule has 2 aliphatic rings. The summed E-state index contributed by atoms with van der Waals surface area (Å²) in [6, 6.07) is 8.88. The van der Waals surface area contributed by atoms with Crippen LogP contribution in [-0.4, -0.2) is 26.3 Å². The zero-order chi connectivity index (χ0) is 11.0. The fraction of sp³-hybridized carbons (Fsp3) is 0.571. The molecule has 2 saturated heterocycles. The van der Waals surface area contributed by atoms with Gasteiger partial charge in [-0.05, 0) is 31.9 Å².